The molecule has 0 atom stereocenters. The van der Waals surface area contributed by atoms with E-state index in [0.717, 1.165) is 22.2 Å². The van der Waals surface area contributed by atoms with Crippen LogP contribution >= 0.6 is 23.4 Å². The number of rotatable bonds is 9. The van der Waals surface area contributed by atoms with Crippen LogP contribution < -0.4 is 9.47 Å². The zero-order valence-corrected chi connectivity index (χ0v) is 19.9. The quantitative estimate of drug-likeness (QED) is 0.368. The second kappa shape index (κ2) is 11.1. The standard InChI is InChI=1S/C26H20ClNO6S/c27-21-14-18(8-11-22(21)34-16-17-6-9-19(10-7-17)25(30)31)15-23-24(29)28(26(32)35-23)12-13-33-20-4-2-1-3-5-20/h1-11,14-15H,12-13,16H2,(H,30,31)/b23-15-. The average molecular weight is 510 g/mol. The van der Waals surface area contributed by atoms with Gasteiger partial charge >= 0.3 is 5.97 Å². The maximum absolute atomic E-state index is 12.7. The molecule has 1 N–H and O–H groups in total. The summed E-state index contributed by atoms with van der Waals surface area (Å²) in [4.78, 5) is 37.4. The van der Waals surface area contributed by atoms with Crippen LogP contribution in [0.25, 0.3) is 6.08 Å². The number of carboxylic acid groups (broad SMARTS) is 1. The fraction of sp³-hybridized carbons (Fsp3) is 0.115. The lowest BCUT2D eigenvalue weighted by atomic mass is 10.1. The van der Waals surface area contributed by atoms with Crippen molar-refractivity contribution < 1.29 is 29.0 Å². The Morgan fingerprint density at radius 2 is 1.74 bits per heavy atom. The Hall–Kier alpha value is -3.75. The van der Waals surface area contributed by atoms with Crippen molar-refractivity contribution >= 4 is 46.6 Å². The van der Waals surface area contributed by atoms with Gasteiger partial charge < -0.3 is 14.6 Å². The van der Waals surface area contributed by atoms with Gasteiger partial charge in [0.1, 0.15) is 24.7 Å². The van der Waals surface area contributed by atoms with E-state index in [2.05, 4.69) is 0 Å². The number of benzene rings is 3. The summed E-state index contributed by atoms with van der Waals surface area (Å²) in [6.45, 7) is 0.563. The molecule has 0 spiro atoms. The Morgan fingerprint density at radius 1 is 1.00 bits per heavy atom. The number of hydrogen-bond acceptors (Lipinski definition) is 6. The van der Waals surface area contributed by atoms with Crippen LogP contribution in [0.4, 0.5) is 4.79 Å². The topological polar surface area (TPSA) is 93.1 Å². The van der Waals surface area contributed by atoms with Crippen LogP contribution in [-0.2, 0) is 11.4 Å². The van der Waals surface area contributed by atoms with E-state index in [9.17, 15) is 14.4 Å². The number of thioether (sulfide) groups is 1. The zero-order chi connectivity index (χ0) is 24.8. The van der Waals surface area contributed by atoms with E-state index in [1.54, 1.807) is 48.5 Å². The van der Waals surface area contributed by atoms with Crippen molar-refractivity contribution in [2.75, 3.05) is 13.2 Å². The highest BCUT2D eigenvalue weighted by Gasteiger charge is 2.34. The molecule has 0 saturated carbocycles. The van der Waals surface area contributed by atoms with E-state index in [1.807, 2.05) is 18.2 Å². The lowest BCUT2D eigenvalue weighted by Gasteiger charge is -2.13. The molecule has 3 aromatic rings. The van der Waals surface area contributed by atoms with Gasteiger partial charge in [-0.05, 0) is 65.4 Å². The van der Waals surface area contributed by atoms with E-state index < -0.39 is 5.97 Å². The molecule has 1 aliphatic rings. The molecule has 4 rings (SSSR count). The summed E-state index contributed by atoms with van der Waals surface area (Å²) in [5.41, 5.74) is 1.64. The molecule has 35 heavy (non-hydrogen) atoms. The van der Waals surface area contributed by atoms with Gasteiger partial charge in [-0.15, -0.1) is 0 Å². The van der Waals surface area contributed by atoms with Gasteiger partial charge in [-0.3, -0.25) is 14.5 Å². The van der Waals surface area contributed by atoms with Crippen LogP contribution in [0, 0.1) is 0 Å². The molecule has 0 radical (unpaired) electrons. The zero-order valence-electron chi connectivity index (χ0n) is 18.3. The van der Waals surface area contributed by atoms with Gasteiger partial charge in [0.25, 0.3) is 11.1 Å². The highest BCUT2D eigenvalue weighted by molar-refractivity contribution is 8.18. The van der Waals surface area contributed by atoms with Gasteiger partial charge in [-0.1, -0.05) is 48.0 Å². The third-order valence-corrected chi connectivity index (χ3v) is 6.25. The van der Waals surface area contributed by atoms with Gasteiger partial charge in [0.15, 0.2) is 0 Å². The maximum atomic E-state index is 12.7. The first-order valence-electron chi connectivity index (χ1n) is 10.6. The Balaban J connectivity index is 1.35. The Kier molecular flexibility index (Phi) is 7.74. The lowest BCUT2D eigenvalue weighted by molar-refractivity contribution is -0.123. The molecule has 1 fully saturated rings. The van der Waals surface area contributed by atoms with Crippen molar-refractivity contribution in [1.82, 2.24) is 4.90 Å². The third kappa shape index (κ3) is 6.23. The summed E-state index contributed by atoms with van der Waals surface area (Å²) in [5.74, 6) is -0.256. The molecule has 178 valence electrons. The summed E-state index contributed by atoms with van der Waals surface area (Å²) in [5, 5.41) is 8.97. The smallest absolute Gasteiger partial charge is 0.335 e. The minimum Gasteiger partial charge on any atom is -0.492 e. The molecule has 7 nitrogen and oxygen atoms in total. The Bertz CT molecular complexity index is 1280. The molecular formula is C26H20ClNO6S. The molecule has 0 bridgehead atoms. The molecule has 1 aliphatic heterocycles. The number of carboxylic acids is 1. The number of amides is 2. The first-order valence-corrected chi connectivity index (χ1v) is 11.8. The SMILES string of the molecule is O=C(O)c1ccc(COc2ccc(/C=C3\SC(=O)N(CCOc4ccccc4)C3=O)cc2Cl)cc1. The number of imide groups is 1. The van der Waals surface area contributed by atoms with Crippen LogP contribution in [-0.4, -0.2) is 40.3 Å². The first kappa shape index (κ1) is 24.4. The highest BCUT2D eigenvalue weighted by Crippen LogP contribution is 2.34. The third-order valence-electron chi connectivity index (χ3n) is 5.05. The second-order valence-corrected chi connectivity index (χ2v) is 8.88. The van der Waals surface area contributed by atoms with E-state index in [1.165, 1.54) is 12.1 Å². The van der Waals surface area contributed by atoms with Crippen LogP contribution in [0.5, 0.6) is 11.5 Å². The number of carbonyl (C=O) groups is 3. The van der Waals surface area contributed by atoms with Crippen molar-refractivity contribution in [2.24, 2.45) is 0 Å². The van der Waals surface area contributed by atoms with Crippen LogP contribution in [0.15, 0.2) is 77.7 Å². The summed E-state index contributed by atoms with van der Waals surface area (Å²) in [6.07, 6.45) is 1.61. The predicted molar refractivity (Wildman–Crippen MR) is 134 cm³/mol. The van der Waals surface area contributed by atoms with E-state index in [4.69, 9.17) is 26.2 Å². The summed E-state index contributed by atoms with van der Waals surface area (Å²) < 4.78 is 11.3. The molecule has 3 aromatic carbocycles. The Labute approximate surface area is 210 Å². The van der Waals surface area contributed by atoms with Gasteiger partial charge in [0, 0.05) is 0 Å². The number of ether oxygens (including phenoxy) is 2. The summed E-state index contributed by atoms with van der Waals surface area (Å²) >= 11 is 7.22. The van der Waals surface area contributed by atoms with Crippen LogP contribution in [0.1, 0.15) is 21.5 Å². The van der Waals surface area contributed by atoms with E-state index in [0.29, 0.717) is 27.0 Å². The number of aromatic carboxylic acids is 1. The van der Waals surface area contributed by atoms with Crippen LogP contribution in [0.3, 0.4) is 0 Å². The fourth-order valence-corrected chi connectivity index (χ4v) is 4.35. The molecule has 0 aliphatic carbocycles. The monoisotopic (exact) mass is 509 g/mol. The van der Waals surface area contributed by atoms with E-state index >= 15 is 0 Å². The second-order valence-electron chi connectivity index (χ2n) is 7.48. The van der Waals surface area contributed by atoms with Gasteiger partial charge in [-0.25, -0.2) is 4.79 Å². The largest absolute Gasteiger partial charge is 0.492 e. The minimum atomic E-state index is -0.991. The lowest BCUT2D eigenvalue weighted by Crippen LogP contribution is -2.32. The summed E-state index contributed by atoms with van der Waals surface area (Å²) in [7, 11) is 0. The molecule has 0 aromatic heterocycles. The normalized spacial score (nSPS) is 14.4. The maximum Gasteiger partial charge on any atom is 0.335 e. The van der Waals surface area contributed by atoms with Crippen molar-refractivity contribution in [2.45, 2.75) is 6.61 Å². The first-order chi connectivity index (χ1) is 16.9. The summed E-state index contributed by atoms with van der Waals surface area (Å²) in [6, 6.07) is 20.6. The van der Waals surface area contributed by atoms with Crippen molar-refractivity contribution in [3.63, 3.8) is 0 Å². The highest BCUT2D eigenvalue weighted by atomic mass is 35.5. The molecule has 0 unspecified atom stereocenters. The molecule has 9 heteroatoms. The number of para-hydroxylation sites is 1. The predicted octanol–water partition coefficient (Wildman–Crippen LogP) is 5.73. The van der Waals surface area contributed by atoms with Gasteiger partial charge in [-0.2, -0.15) is 0 Å². The average Bonchev–Trinajstić information content (AvgIpc) is 3.11. The van der Waals surface area contributed by atoms with E-state index in [-0.39, 0.29) is 36.5 Å². The molecule has 1 heterocycles. The number of hydrogen-bond donors (Lipinski definition) is 1. The van der Waals surface area contributed by atoms with Crippen LogP contribution in [0.2, 0.25) is 5.02 Å². The number of nitrogens with zero attached hydrogens (tertiary/aromatic N) is 1. The fourth-order valence-electron chi connectivity index (χ4n) is 3.24. The van der Waals surface area contributed by atoms with Gasteiger partial charge in [0.05, 0.1) is 22.0 Å². The Morgan fingerprint density at radius 3 is 2.43 bits per heavy atom. The minimum absolute atomic E-state index is 0.151. The van der Waals surface area contributed by atoms with Crippen molar-refractivity contribution in [1.29, 1.82) is 0 Å². The number of carbonyl (C=O) groups excluding carboxylic acids is 2. The number of halogens is 1. The van der Waals surface area contributed by atoms with Crippen molar-refractivity contribution in [3.8, 4) is 11.5 Å². The molecule has 1 saturated heterocycles. The molecular weight excluding hydrogens is 490 g/mol. The van der Waals surface area contributed by atoms with Crippen molar-refractivity contribution in [3.05, 3.63) is 99.4 Å². The van der Waals surface area contributed by atoms with Gasteiger partial charge in [0.2, 0.25) is 0 Å². The molecule has 2 amide bonds.